The van der Waals surface area contributed by atoms with Crippen LogP contribution in [-0.4, -0.2) is 159 Å². The Balaban J connectivity index is 0.945. The highest BCUT2D eigenvalue weighted by molar-refractivity contribution is 5.93. The van der Waals surface area contributed by atoms with Crippen molar-refractivity contribution in [3.05, 3.63) is 359 Å². The van der Waals surface area contributed by atoms with E-state index < -0.39 is 154 Å². The van der Waals surface area contributed by atoms with E-state index in [1.807, 2.05) is 91.0 Å². The first-order chi connectivity index (χ1) is 54.4. The van der Waals surface area contributed by atoms with Gasteiger partial charge in [-0.3, -0.25) is 0 Å². The molecule has 0 spiro atoms. The molecule has 3 aliphatic rings. The second kappa shape index (κ2) is 38.5. The van der Waals surface area contributed by atoms with Gasteiger partial charge in [0.1, 0.15) is 55.9 Å². The molecule has 10 aromatic rings. The minimum Gasteiger partial charge on any atom is -0.459 e. The lowest BCUT2D eigenvalue weighted by Crippen LogP contribution is -2.67. The summed E-state index contributed by atoms with van der Waals surface area (Å²) in [5, 5.41) is 12.3. The van der Waals surface area contributed by atoms with Crippen molar-refractivity contribution in [2.24, 2.45) is 0 Å². The Morgan fingerprint density at radius 2 is 0.505 bits per heavy atom. The summed E-state index contributed by atoms with van der Waals surface area (Å²) >= 11 is 0. The van der Waals surface area contributed by atoms with Gasteiger partial charge in [0.05, 0.1) is 65.4 Å². The zero-order valence-electron chi connectivity index (χ0n) is 59.7. The normalized spacial score (nSPS) is 23.5. The standard InChI is InChI=1S/C88H78O23/c89-79(60-37-17-4-18-38-60)100-54-68-71(106-81(91)62-41-21-6-22-42-62)74(107-82(92)63-43-23-7-24-44-63)78(110-85(95)66-49-29-10-30-50-66)88(105-68)111-72-69(55-101-80(90)61-39-19-5-20-40-61)104-87(77(109-84(94)65-47-27-9-28-48-65)75(72)108-83(93)64-45-25-8-26-46-64)102-56-67-70(97-51-57-31-11-1-12-32-57)73(98-52-58-33-13-2-14-34-58)76(86(96)103-67)99-53-59-35-15-3-16-36-59/h1-50,67-78,86-88,96H,51-56H2/t67-,68-,69-,70-,71+,72-,73+,74-,75+,76-,77-,78-,86+,87-,88+/m1/s1. The molecular formula is C88H78O23. The molecule has 0 saturated carbocycles. The lowest BCUT2D eigenvalue weighted by atomic mass is 9.95. The number of hydrogen-bond acceptors (Lipinski definition) is 23. The Morgan fingerprint density at radius 3 is 0.865 bits per heavy atom. The summed E-state index contributed by atoms with van der Waals surface area (Å²) in [6.45, 7) is -2.23. The van der Waals surface area contributed by atoms with Crippen molar-refractivity contribution in [3.8, 4) is 0 Å². The van der Waals surface area contributed by atoms with Gasteiger partial charge in [-0.05, 0) is 102 Å². The number of rotatable bonds is 30. The highest BCUT2D eigenvalue weighted by atomic mass is 16.8. The summed E-state index contributed by atoms with van der Waals surface area (Å²) in [6, 6.07) is 82.3. The van der Waals surface area contributed by atoms with Crippen molar-refractivity contribution in [1.29, 1.82) is 0 Å². The monoisotopic (exact) mass is 1500 g/mol. The summed E-state index contributed by atoms with van der Waals surface area (Å²) in [5.41, 5.74) is 2.39. The minimum absolute atomic E-state index is 0.00982. The molecule has 0 amide bonds. The van der Waals surface area contributed by atoms with Crippen LogP contribution in [0.3, 0.4) is 0 Å². The fourth-order valence-corrected chi connectivity index (χ4v) is 12.8. The summed E-state index contributed by atoms with van der Waals surface area (Å²) in [4.78, 5) is 104. The van der Waals surface area contributed by atoms with Crippen LogP contribution in [0.4, 0.5) is 0 Å². The van der Waals surface area contributed by atoms with Crippen LogP contribution in [0, 0.1) is 0 Å². The summed E-state index contributed by atoms with van der Waals surface area (Å²) in [5.74, 6) is -6.93. The first kappa shape index (κ1) is 77.3. The Kier molecular flexibility index (Phi) is 26.8. The van der Waals surface area contributed by atoms with Crippen LogP contribution in [-0.2, 0) is 90.9 Å². The number of hydrogen-bond donors (Lipinski definition) is 1. The predicted molar refractivity (Wildman–Crippen MR) is 396 cm³/mol. The Labute approximate surface area is 639 Å². The van der Waals surface area contributed by atoms with Crippen molar-refractivity contribution in [2.45, 2.75) is 112 Å². The third-order valence-electron chi connectivity index (χ3n) is 18.4. The largest absolute Gasteiger partial charge is 0.459 e. The zero-order valence-corrected chi connectivity index (χ0v) is 59.7. The number of esters is 7. The summed E-state index contributed by atoms with van der Waals surface area (Å²) in [6.07, 6.45) is -26.2. The third kappa shape index (κ3) is 20.5. The Bertz CT molecular complexity index is 4620. The number of ether oxygens (including phenoxy) is 15. The molecule has 3 heterocycles. The molecule has 23 nitrogen and oxygen atoms in total. The predicted octanol–water partition coefficient (Wildman–Crippen LogP) is 12.2. The lowest BCUT2D eigenvalue weighted by molar-refractivity contribution is -0.363. The van der Waals surface area contributed by atoms with Gasteiger partial charge in [0, 0.05) is 0 Å². The summed E-state index contributed by atoms with van der Waals surface area (Å²) in [7, 11) is 0. The van der Waals surface area contributed by atoms with E-state index >= 15 is 14.4 Å². The van der Waals surface area contributed by atoms with Crippen LogP contribution in [0.5, 0.6) is 0 Å². The van der Waals surface area contributed by atoms with E-state index in [9.17, 15) is 24.3 Å². The third-order valence-corrected chi connectivity index (χ3v) is 18.4. The minimum atomic E-state index is -2.18. The van der Waals surface area contributed by atoms with Crippen molar-refractivity contribution in [3.63, 3.8) is 0 Å². The van der Waals surface area contributed by atoms with E-state index in [-0.39, 0.29) is 58.8 Å². The van der Waals surface area contributed by atoms with Gasteiger partial charge in [-0.15, -0.1) is 0 Å². The number of aliphatic hydroxyl groups is 1. The van der Waals surface area contributed by atoms with Crippen molar-refractivity contribution >= 4 is 41.8 Å². The van der Waals surface area contributed by atoms with Crippen LogP contribution in [0.1, 0.15) is 89.2 Å². The maximum atomic E-state index is 15.3. The molecule has 0 aliphatic carbocycles. The second-order valence-corrected chi connectivity index (χ2v) is 26.0. The molecule has 0 unspecified atom stereocenters. The van der Waals surface area contributed by atoms with Gasteiger partial charge in [0.25, 0.3) is 0 Å². The van der Waals surface area contributed by atoms with Crippen LogP contribution >= 0.6 is 0 Å². The molecule has 13 rings (SSSR count). The maximum absolute atomic E-state index is 15.3. The van der Waals surface area contributed by atoms with Gasteiger partial charge in [0.2, 0.25) is 0 Å². The molecule has 3 saturated heterocycles. The van der Waals surface area contributed by atoms with E-state index in [0.717, 1.165) is 16.7 Å². The van der Waals surface area contributed by atoms with Gasteiger partial charge in [-0.2, -0.15) is 0 Å². The highest BCUT2D eigenvalue weighted by Crippen LogP contribution is 2.39. The number of carbonyl (C=O) groups is 7. The van der Waals surface area contributed by atoms with Gasteiger partial charge >= 0.3 is 41.8 Å². The van der Waals surface area contributed by atoms with Gasteiger partial charge in [0.15, 0.2) is 49.4 Å². The fraction of sp³-hybridized carbons (Fsp3) is 0.239. The molecule has 0 aromatic heterocycles. The van der Waals surface area contributed by atoms with Crippen LogP contribution in [0.25, 0.3) is 0 Å². The van der Waals surface area contributed by atoms with E-state index in [1.165, 1.54) is 84.9 Å². The number of benzene rings is 10. The van der Waals surface area contributed by atoms with E-state index in [2.05, 4.69) is 0 Å². The SMILES string of the molecule is O=C(OC[C@H]1O[C@@H](O[C@H]2[C@H](OC(=O)c3ccccc3)[C@@H](OC(=O)c3ccccc3)[C@H](OC[C@H]3O[C@H](O)[C@H](OCc4ccccc4)[C@@H](OCc4ccccc4)[C@@H]3OCc3ccccc3)O[C@@H]2COC(=O)c2ccccc2)[C@H](OC(=O)c2ccccc2)[C@H](OC(=O)c2ccccc2)[C@H]1OC(=O)c1ccccc1)c1ccccc1. The van der Waals surface area contributed by atoms with E-state index in [1.54, 1.807) is 127 Å². The average molecular weight is 1500 g/mol. The molecule has 568 valence electrons. The van der Waals surface area contributed by atoms with Gasteiger partial charge in [-0.25, -0.2) is 33.6 Å². The summed E-state index contributed by atoms with van der Waals surface area (Å²) < 4.78 is 99.6. The first-order valence-corrected chi connectivity index (χ1v) is 36.0. The number of aliphatic hydroxyl groups excluding tert-OH is 1. The molecule has 111 heavy (non-hydrogen) atoms. The smallest absolute Gasteiger partial charge is 0.338 e. The molecule has 3 aliphatic heterocycles. The first-order valence-electron chi connectivity index (χ1n) is 36.0. The molecule has 15 atom stereocenters. The quantitative estimate of drug-likeness (QED) is 0.0323. The molecular weight excluding hydrogens is 1420 g/mol. The molecule has 3 fully saturated rings. The Hall–Kier alpha value is -11.9. The van der Waals surface area contributed by atoms with E-state index in [4.69, 9.17) is 71.1 Å². The topological polar surface area (TPSA) is 278 Å². The van der Waals surface area contributed by atoms with Gasteiger partial charge < -0.3 is 76.2 Å². The van der Waals surface area contributed by atoms with E-state index in [0.29, 0.717) is 0 Å². The van der Waals surface area contributed by atoms with Crippen LogP contribution < -0.4 is 0 Å². The molecule has 1 N–H and O–H groups in total. The molecule has 0 radical (unpaired) electrons. The lowest BCUT2D eigenvalue weighted by Gasteiger charge is -2.49. The molecule has 0 bridgehead atoms. The Morgan fingerprint density at radius 1 is 0.243 bits per heavy atom. The highest BCUT2D eigenvalue weighted by Gasteiger charge is 2.59. The van der Waals surface area contributed by atoms with Crippen molar-refractivity contribution in [2.75, 3.05) is 19.8 Å². The average Bonchev–Trinajstić information content (AvgIpc) is 0.761. The van der Waals surface area contributed by atoms with Crippen molar-refractivity contribution < 1.29 is 110 Å². The fourth-order valence-electron chi connectivity index (χ4n) is 12.8. The maximum Gasteiger partial charge on any atom is 0.338 e. The zero-order chi connectivity index (χ0) is 76.7. The number of carbonyl (C=O) groups excluding carboxylic acids is 7. The van der Waals surface area contributed by atoms with Crippen molar-refractivity contribution in [1.82, 2.24) is 0 Å². The second-order valence-electron chi connectivity index (χ2n) is 26.0. The molecule has 10 aromatic carbocycles. The van der Waals surface area contributed by atoms with Crippen LogP contribution in [0.15, 0.2) is 303 Å². The molecule has 23 heteroatoms. The van der Waals surface area contributed by atoms with Gasteiger partial charge in [-0.1, -0.05) is 218 Å². The van der Waals surface area contributed by atoms with Crippen LogP contribution in [0.2, 0.25) is 0 Å².